The summed E-state index contributed by atoms with van der Waals surface area (Å²) in [5, 5.41) is 0. The summed E-state index contributed by atoms with van der Waals surface area (Å²) in [6.45, 7) is 12.7. The van der Waals surface area contributed by atoms with Gasteiger partial charge in [0, 0.05) is 61.4 Å². The van der Waals surface area contributed by atoms with Crippen LogP contribution in [0.2, 0.25) is 0 Å². The van der Waals surface area contributed by atoms with Crippen LogP contribution in [0.5, 0.6) is 0 Å². The first-order valence-electron chi connectivity index (χ1n) is 9.14. The van der Waals surface area contributed by atoms with E-state index in [9.17, 15) is 0 Å². The van der Waals surface area contributed by atoms with Gasteiger partial charge in [-0.15, -0.1) is 0 Å². The van der Waals surface area contributed by atoms with Gasteiger partial charge in [0.05, 0.1) is 0 Å². The molecule has 0 aliphatic carbocycles. The molecule has 0 spiro atoms. The molecule has 2 saturated heterocycles. The van der Waals surface area contributed by atoms with Crippen LogP contribution in [0.4, 0.5) is 11.6 Å². The molecule has 132 valence electrons. The zero-order chi connectivity index (χ0) is 17.6. The first kappa shape index (κ1) is 16.2. The number of aromatic nitrogens is 4. The number of anilines is 2. The standard InChI is InChI=1S/C19H26N6/c1-12(2)18-20-6-5-17(23-18)24-7-15-9-25(10-16(15)8-24)19-13(3)14(4)21-11-22-19/h5-6,11-12,15-16H,7-10H2,1-4H3. The lowest BCUT2D eigenvalue weighted by Gasteiger charge is -2.24. The second-order valence-electron chi connectivity index (χ2n) is 7.67. The smallest absolute Gasteiger partial charge is 0.135 e. The molecule has 0 bridgehead atoms. The Labute approximate surface area is 149 Å². The largest absolute Gasteiger partial charge is 0.356 e. The molecule has 0 saturated carbocycles. The monoisotopic (exact) mass is 338 g/mol. The van der Waals surface area contributed by atoms with Gasteiger partial charge in [0.25, 0.3) is 0 Å². The maximum atomic E-state index is 4.77. The number of aryl methyl sites for hydroxylation is 1. The van der Waals surface area contributed by atoms with Crippen LogP contribution in [0.1, 0.15) is 36.8 Å². The SMILES string of the molecule is Cc1ncnc(N2CC3CN(c4ccnc(C(C)C)n4)CC3C2)c1C. The molecular formula is C19H26N6. The van der Waals surface area contributed by atoms with Gasteiger partial charge in [-0.3, -0.25) is 0 Å². The van der Waals surface area contributed by atoms with Crippen molar-refractivity contribution in [2.45, 2.75) is 33.6 Å². The van der Waals surface area contributed by atoms with Crippen molar-refractivity contribution in [3.8, 4) is 0 Å². The Balaban J connectivity index is 1.47. The lowest BCUT2D eigenvalue weighted by molar-refractivity contribution is 0.533. The molecule has 0 N–H and O–H groups in total. The molecule has 2 fully saturated rings. The fourth-order valence-electron chi connectivity index (χ4n) is 4.02. The summed E-state index contributed by atoms with van der Waals surface area (Å²) in [5.74, 6) is 4.83. The summed E-state index contributed by atoms with van der Waals surface area (Å²) in [6, 6.07) is 2.04. The van der Waals surface area contributed by atoms with Gasteiger partial charge < -0.3 is 9.80 Å². The maximum Gasteiger partial charge on any atom is 0.135 e. The minimum absolute atomic E-state index is 0.363. The fraction of sp³-hybridized carbons (Fsp3) is 0.579. The lowest BCUT2D eigenvalue weighted by atomic mass is 10.0. The average molecular weight is 338 g/mol. The Bertz CT molecular complexity index is 760. The molecule has 2 aromatic rings. The van der Waals surface area contributed by atoms with E-state index in [2.05, 4.69) is 52.4 Å². The highest BCUT2D eigenvalue weighted by Crippen LogP contribution is 2.36. The van der Waals surface area contributed by atoms with E-state index in [1.54, 1.807) is 6.33 Å². The highest BCUT2D eigenvalue weighted by Gasteiger charge is 2.41. The van der Waals surface area contributed by atoms with E-state index < -0.39 is 0 Å². The van der Waals surface area contributed by atoms with Crippen LogP contribution in [-0.4, -0.2) is 46.1 Å². The number of hydrogen-bond acceptors (Lipinski definition) is 6. The van der Waals surface area contributed by atoms with Crippen LogP contribution < -0.4 is 9.80 Å². The predicted molar refractivity (Wildman–Crippen MR) is 99.0 cm³/mol. The van der Waals surface area contributed by atoms with E-state index >= 15 is 0 Å². The number of rotatable bonds is 3. The van der Waals surface area contributed by atoms with Crippen LogP contribution in [0.3, 0.4) is 0 Å². The molecule has 4 rings (SSSR count). The Kier molecular flexibility index (Phi) is 4.06. The normalized spacial score (nSPS) is 22.8. The summed E-state index contributed by atoms with van der Waals surface area (Å²) >= 11 is 0. The van der Waals surface area contributed by atoms with Gasteiger partial charge in [0.2, 0.25) is 0 Å². The van der Waals surface area contributed by atoms with Crippen molar-refractivity contribution in [2.75, 3.05) is 36.0 Å². The highest BCUT2D eigenvalue weighted by atomic mass is 15.3. The van der Waals surface area contributed by atoms with Gasteiger partial charge in [-0.2, -0.15) is 0 Å². The van der Waals surface area contributed by atoms with Crippen LogP contribution in [0.25, 0.3) is 0 Å². The molecule has 2 aromatic heterocycles. The molecular weight excluding hydrogens is 312 g/mol. The third-order valence-electron chi connectivity index (χ3n) is 5.60. The molecule has 6 heteroatoms. The van der Waals surface area contributed by atoms with Crippen molar-refractivity contribution in [1.82, 2.24) is 19.9 Å². The van der Waals surface area contributed by atoms with Crippen molar-refractivity contribution in [3.63, 3.8) is 0 Å². The molecule has 2 atom stereocenters. The van der Waals surface area contributed by atoms with Crippen molar-refractivity contribution in [3.05, 3.63) is 35.7 Å². The van der Waals surface area contributed by atoms with E-state index in [0.717, 1.165) is 49.3 Å². The average Bonchev–Trinajstić information content (AvgIpc) is 3.16. The van der Waals surface area contributed by atoms with Crippen LogP contribution in [-0.2, 0) is 0 Å². The van der Waals surface area contributed by atoms with Gasteiger partial charge in [-0.25, -0.2) is 19.9 Å². The van der Waals surface area contributed by atoms with Crippen LogP contribution in [0.15, 0.2) is 18.6 Å². The zero-order valence-electron chi connectivity index (χ0n) is 15.5. The molecule has 2 aliphatic rings. The van der Waals surface area contributed by atoms with Crippen molar-refractivity contribution >= 4 is 11.6 Å². The minimum Gasteiger partial charge on any atom is -0.356 e. The summed E-state index contributed by atoms with van der Waals surface area (Å²) < 4.78 is 0. The van der Waals surface area contributed by atoms with E-state index in [4.69, 9.17) is 4.98 Å². The highest BCUT2D eigenvalue weighted by molar-refractivity contribution is 5.50. The number of fused-ring (bicyclic) bond motifs is 1. The van der Waals surface area contributed by atoms with E-state index in [-0.39, 0.29) is 0 Å². The topological polar surface area (TPSA) is 58.0 Å². The second kappa shape index (κ2) is 6.24. The van der Waals surface area contributed by atoms with E-state index in [1.807, 2.05) is 12.3 Å². The van der Waals surface area contributed by atoms with Gasteiger partial charge in [-0.1, -0.05) is 13.8 Å². The summed E-state index contributed by atoms with van der Waals surface area (Å²) in [4.78, 5) is 22.9. The Hall–Kier alpha value is -2.24. The van der Waals surface area contributed by atoms with Gasteiger partial charge in [0.1, 0.15) is 23.8 Å². The zero-order valence-corrected chi connectivity index (χ0v) is 15.5. The lowest BCUT2D eigenvalue weighted by Crippen LogP contribution is -2.30. The third kappa shape index (κ3) is 2.94. The summed E-state index contributed by atoms with van der Waals surface area (Å²) in [6.07, 6.45) is 3.58. The van der Waals surface area contributed by atoms with Crippen molar-refractivity contribution < 1.29 is 0 Å². The quantitative estimate of drug-likeness (QED) is 0.857. The van der Waals surface area contributed by atoms with Crippen molar-refractivity contribution in [1.29, 1.82) is 0 Å². The maximum absolute atomic E-state index is 4.77. The van der Waals surface area contributed by atoms with Gasteiger partial charge in [0.15, 0.2) is 0 Å². The van der Waals surface area contributed by atoms with Crippen molar-refractivity contribution in [2.24, 2.45) is 11.8 Å². The number of hydrogen-bond donors (Lipinski definition) is 0. The second-order valence-corrected chi connectivity index (χ2v) is 7.67. The number of nitrogens with zero attached hydrogens (tertiary/aromatic N) is 6. The molecule has 2 unspecified atom stereocenters. The first-order chi connectivity index (χ1) is 12.0. The predicted octanol–water partition coefficient (Wildman–Crippen LogP) is 2.58. The fourth-order valence-corrected chi connectivity index (χ4v) is 4.02. The van der Waals surface area contributed by atoms with Gasteiger partial charge >= 0.3 is 0 Å². The molecule has 6 nitrogen and oxygen atoms in total. The Morgan fingerprint density at radius 2 is 1.64 bits per heavy atom. The molecule has 4 heterocycles. The molecule has 0 aromatic carbocycles. The Morgan fingerprint density at radius 1 is 0.960 bits per heavy atom. The van der Waals surface area contributed by atoms with E-state index in [1.165, 1.54) is 5.56 Å². The minimum atomic E-state index is 0.363. The molecule has 0 amide bonds. The first-order valence-corrected chi connectivity index (χ1v) is 9.14. The van der Waals surface area contributed by atoms with E-state index in [0.29, 0.717) is 17.8 Å². The molecule has 25 heavy (non-hydrogen) atoms. The Morgan fingerprint density at radius 3 is 2.32 bits per heavy atom. The molecule has 0 radical (unpaired) electrons. The summed E-state index contributed by atoms with van der Waals surface area (Å²) in [7, 11) is 0. The third-order valence-corrected chi connectivity index (χ3v) is 5.60. The van der Waals surface area contributed by atoms with Crippen LogP contribution >= 0.6 is 0 Å². The summed E-state index contributed by atoms with van der Waals surface area (Å²) in [5.41, 5.74) is 2.28. The van der Waals surface area contributed by atoms with Gasteiger partial charge in [-0.05, 0) is 19.9 Å². The molecule has 2 aliphatic heterocycles. The van der Waals surface area contributed by atoms with Crippen LogP contribution in [0, 0.1) is 25.7 Å².